The van der Waals surface area contributed by atoms with E-state index in [-0.39, 0.29) is 16.1 Å². The summed E-state index contributed by atoms with van der Waals surface area (Å²) in [5.74, 6) is -0.772. The van der Waals surface area contributed by atoms with Crippen molar-refractivity contribution >= 4 is 23.4 Å². The average Bonchev–Trinajstić information content (AvgIpc) is 3.07. The lowest BCUT2D eigenvalue weighted by Crippen LogP contribution is -2.08. The van der Waals surface area contributed by atoms with Crippen molar-refractivity contribution in [3.05, 3.63) is 42.0 Å². The molecule has 0 saturated heterocycles. The summed E-state index contributed by atoms with van der Waals surface area (Å²) < 4.78 is 31.8. The van der Waals surface area contributed by atoms with Crippen LogP contribution in [0.25, 0.3) is 16.9 Å². The number of thioether (sulfide) groups is 1. The quantitative estimate of drug-likeness (QED) is 0.437. The van der Waals surface area contributed by atoms with Crippen LogP contribution >= 0.6 is 11.8 Å². The van der Waals surface area contributed by atoms with Gasteiger partial charge in [0, 0.05) is 22.6 Å². The molecular formula is C21H23FN2O4S. The maximum atomic E-state index is 14.6. The number of hydrogen-bond donors (Lipinski definition) is 0. The number of methoxy groups -OCH3 is 3. The molecule has 0 aliphatic carbocycles. The molecule has 1 aromatic carbocycles. The van der Waals surface area contributed by atoms with E-state index in [4.69, 9.17) is 14.2 Å². The molecule has 2 heterocycles. The van der Waals surface area contributed by atoms with Gasteiger partial charge in [0.15, 0.2) is 11.6 Å². The predicted molar refractivity (Wildman–Crippen MR) is 111 cm³/mol. The summed E-state index contributed by atoms with van der Waals surface area (Å²) in [5.41, 5.74) is 1.77. The first-order chi connectivity index (χ1) is 13.7. The zero-order valence-electron chi connectivity index (χ0n) is 17.2. The Hall–Kier alpha value is -2.74. The highest BCUT2D eigenvalue weighted by molar-refractivity contribution is 8.00. The van der Waals surface area contributed by atoms with E-state index in [1.165, 1.54) is 26.4 Å². The third-order valence-corrected chi connectivity index (χ3v) is 5.30. The summed E-state index contributed by atoms with van der Waals surface area (Å²) >= 11 is 1.65. The SMILES string of the molecule is COC(=O)c1cc(-c2cnc3cc(OC)c(SC(C)(C)C)cn23)cc(F)c1OC. The lowest BCUT2D eigenvalue weighted by molar-refractivity contribution is 0.0596. The Bertz CT molecular complexity index is 1070. The largest absolute Gasteiger partial charge is 0.495 e. The van der Waals surface area contributed by atoms with Gasteiger partial charge in [0.05, 0.1) is 38.1 Å². The van der Waals surface area contributed by atoms with Crippen molar-refractivity contribution < 1.29 is 23.4 Å². The normalized spacial score (nSPS) is 11.6. The minimum absolute atomic E-state index is 0.0118. The molecule has 3 aromatic rings. The fourth-order valence-corrected chi connectivity index (χ4v) is 4.04. The molecule has 8 heteroatoms. The fraction of sp³-hybridized carbons (Fsp3) is 0.333. The summed E-state index contributed by atoms with van der Waals surface area (Å²) in [6, 6.07) is 4.69. The van der Waals surface area contributed by atoms with Crippen LogP contribution in [-0.2, 0) is 4.74 Å². The number of hydrogen-bond acceptors (Lipinski definition) is 6. The van der Waals surface area contributed by atoms with Crippen molar-refractivity contribution in [3.8, 4) is 22.8 Å². The number of nitrogens with zero attached hydrogens (tertiary/aromatic N) is 2. The second-order valence-electron chi connectivity index (χ2n) is 7.32. The molecule has 0 radical (unpaired) electrons. The summed E-state index contributed by atoms with van der Waals surface area (Å²) in [6.07, 6.45) is 3.54. The van der Waals surface area contributed by atoms with E-state index in [2.05, 4.69) is 25.8 Å². The number of ether oxygens (including phenoxy) is 3. The van der Waals surface area contributed by atoms with Crippen LogP contribution in [0.5, 0.6) is 11.5 Å². The molecule has 0 amide bonds. The van der Waals surface area contributed by atoms with Crippen molar-refractivity contribution in [3.63, 3.8) is 0 Å². The van der Waals surface area contributed by atoms with Crippen molar-refractivity contribution in [2.45, 2.75) is 30.4 Å². The zero-order valence-corrected chi connectivity index (χ0v) is 18.0. The number of imidazole rings is 1. The second kappa shape index (κ2) is 7.94. The van der Waals surface area contributed by atoms with Gasteiger partial charge in [-0.2, -0.15) is 0 Å². The van der Waals surface area contributed by atoms with E-state index in [1.54, 1.807) is 25.1 Å². The first kappa shape index (κ1) is 21.0. The Kier molecular flexibility index (Phi) is 5.75. The number of pyridine rings is 1. The van der Waals surface area contributed by atoms with Crippen LogP contribution in [-0.4, -0.2) is 41.4 Å². The molecular weight excluding hydrogens is 395 g/mol. The number of carbonyl (C=O) groups is 1. The fourth-order valence-electron chi connectivity index (χ4n) is 2.98. The van der Waals surface area contributed by atoms with Gasteiger partial charge in [0.2, 0.25) is 0 Å². The zero-order chi connectivity index (χ0) is 21.3. The predicted octanol–water partition coefficient (Wildman–Crippen LogP) is 4.83. The van der Waals surface area contributed by atoms with Crippen molar-refractivity contribution in [2.75, 3.05) is 21.3 Å². The lowest BCUT2D eigenvalue weighted by Gasteiger charge is -2.20. The molecule has 0 N–H and O–H groups in total. The van der Waals surface area contributed by atoms with Crippen LogP contribution < -0.4 is 9.47 Å². The molecule has 0 bridgehead atoms. The Morgan fingerprint density at radius 2 is 1.86 bits per heavy atom. The number of rotatable bonds is 5. The molecule has 154 valence electrons. The lowest BCUT2D eigenvalue weighted by atomic mass is 10.1. The van der Waals surface area contributed by atoms with Crippen LogP contribution in [0.2, 0.25) is 0 Å². The molecule has 0 spiro atoms. The van der Waals surface area contributed by atoms with E-state index in [1.807, 2.05) is 16.7 Å². The van der Waals surface area contributed by atoms with Gasteiger partial charge in [-0.3, -0.25) is 4.40 Å². The first-order valence-electron chi connectivity index (χ1n) is 8.89. The molecule has 0 aliphatic heterocycles. The first-order valence-corrected chi connectivity index (χ1v) is 9.70. The molecule has 0 saturated carbocycles. The van der Waals surface area contributed by atoms with Crippen molar-refractivity contribution in [1.82, 2.24) is 9.38 Å². The number of benzene rings is 1. The summed E-state index contributed by atoms with van der Waals surface area (Å²) in [4.78, 5) is 17.5. The summed E-state index contributed by atoms with van der Waals surface area (Å²) in [5, 5.41) is 0. The number of esters is 1. The molecule has 0 fully saturated rings. The van der Waals surface area contributed by atoms with Gasteiger partial charge in [-0.1, -0.05) is 20.8 Å². The number of aromatic nitrogens is 2. The minimum Gasteiger partial charge on any atom is -0.495 e. The van der Waals surface area contributed by atoms with Crippen molar-refractivity contribution in [2.24, 2.45) is 0 Å². The van der Waals surface area contributed by atoms with E-state index in [0.717, 1.165) is 4.90 Å². The maximum absolute atomic E-state index is 14.6. The standard InChI is InChI=1S/C21H23FN2O4S/c1-21(2,3)29-17-11-24-15(10-23-18(24)9-16(17)26-4)12-7-13(20(25)28-6)19(27-5)14(22)8-12/h7-11H,1-6H3. The van der Waals surface area contributed by atoms with Crippen LogP contribution in [0.4, 0.5) is 4.39 Å². The number of carbonyl (C=O) groups excluding carboxylic acids is 1. The number of halogens is 1. The minimum atomic E-state index is -0.679. The molecule has 2 aromatic heterocycles. The summed E-state index contributed by atoms with van der Waals surface area (Å²) in [6.45, 7) is 6.33. The van der Waals surface area contributed by atoms with Crippen LogP contribution in [0.1, 0.15) is 31.1 Å². The van der Waals surface area contributed by atoms with Gasteiger partial charge in [0.25, 0.3) is 0 Å². The average molecular weight is 418 g/mol. The van der Waals surface area contributed by atoms with Crippen LogP contribution in [0.15, 0.2) is 35.5 Å². The molecule has 6 nitrogen and oxygen atoms in total. The molecule has 3 rings (SSSR count). The highest BCUT2D eigenvalue weighted by Gasteiger charge is 2.22. The summed E-state index contributed by atoms with van der Waals surface area (Å²) in [7, 11) is 4.16. The van der Waals surface area contributed by atoms with Crippen LogP contribution in [0, 0.1) is 5.82 Å². The van der Waals surface area contributed by atoms with Gasteiger partial charge in [-0.25, -0.2) is 14.2 Å². The van der Waals surface area contributed by atoms with E-state index < -0.39 is 11.8 Å². The van der Waals surface area contributed by atoms with Gasteiger partial charge in [0.1, 0.15) is 17.0 Å². The third-order valence-electron chi connectivity index (χ3n) is 4.16. The molecule has 29 heavy (non-hydrogen) atoms. The van der Waals surface area contributed by atoms with Crippen molar-refractivity contribution in [1.29, 1.82) is 0 Å². The van der Waals surface area contributed by atoms with Gasteiger partial charge >= 0.3 is 5.97 Å². The second-order valence-corrected chi connectivity index (χ2v) is 9.19. The Morgan fingerprint density at radius 3 is 2.45 bits per heavy atom. The molecule has 0 unspecified atom stereocenters. The topological polar surface area (TPSA) is 62.1 Å². The van der Waals surface area contributed by atoms with Crippen LogP contribution in [0.3, 0.4) is 0 Å². The Labute approximate surface area is 173 Å². The smallest absolute Gasteiger partial charge is 0.341 e. The van der Waals surface area contributed by atoms with E-state index >= 15 is 0 Å². The van der Waals surface area contributed by atoms with E-state index in [0.29, 0.717) is 22.7 Å². The van der Waals surface area contributed by atoms with E-state index in [9.17, 15) is 9.18 Å². The highest BCUT2D eigenvalue weighted by atomic mass is 32.2. The van der Waals surface area contributed by atoms with Gasteiger partial charge < -0.3 is 14.2 Å². The van der Waals surface area contributed by atoms with Gasteiger partial charge in [-0.15, -0.1) is 11.8 Å². The van der Waals surface area contributed by atoms with Gasteiger partial charge in [-0.05, 0) is 12.1 Å². The maximum Gasteiger partial charge on any atom is 0.341 e. The Morgan fingerprint density at radius 1 is 1.14 bits per heavy atom. The monoisotopic (exact) mass is 418 g/mol. The number of fused-ring (bicyclic) bond motifs is 1. The molecule has 0 aliphatic rings. The highest BCUT2D eigenvalue weighted by Crippen LogP contribution is 2.39. The Balaban J connectivity index is 2.21. The third kappa shape index (κ3) is 4.17. The molecule has 0 atom stereocenters.